The molecule has 0 unspecified atom stereocenters. The first-order valence-corrected chi connectivity index (χ1v) is 4.80. The predicted molar refractivity (Wildman–Crippen MR) is 37.5 cm³/mol. The third kappa shape index (κ3) is 2.29. The van der Waals surface area contributed by atoms with E-state index in [1.165, 1.54) is 5.69 Å². The van der Waals surface area contributed by atoms with E-state index in [4.69, 9.17) is 0 Å². The minimum atomic E-state index is 0.324. The van der Waals surface area contributed by atoms with Crippen molar-refractivity contribution in [2.24, 2.45) is 5.92 Å². The molecule has 3 heteroatoms. The monoisotopic (exact) mass is 190 g/mol. The van der Waals surface area contributed by atoms with E-state index < -0.39 is 0 Å². The van der Waals surface area contributed by atoms with Crippen molar-refractivity contribution in [3.05, 3.63) is 10.6 Å². The molecule has 0 atom stereocenters. The normalized spacial score (nSPS) is 10.6. The molecular weight excluding hydrogens is 179 g/mol. The molecular formula is C6H10N2Se. The minimum absolute atomic E-state index is 0.324. The third-order valence-electron chi connectivity index (χ3n) is 1.02. The van der Waals surface area contributed by atoms with E-state index in [9.17, 15) is 0 Å². The van der Waals surface area contributed by atoms with Gasteiger partial charge in [0.15, 0.2) is 0 Å². The van der Waals surface area contributed by atoms with Gasteiger partial charge in [-0.3, -0.25) is 0 Å². The zero-order chi connectivity index (χ0) is 6.69. The van der Waals surface area contributed by atoms with Crippen LogP contribution in [-0.4, -0.2) is 23.9 Å². The van der Waals surface area contributed by atoms with Gasteiger partial charge in [-0.05, 0) is 0 Å². The second-order valence-corrected chi connectivity index (χ2v) is 3.77. The Bertz CT molecular complexity index is 158. The van der Waals surface area contributed by atoms with E-state index in [-0.39, 0.29) is 0 Å². The van der Waals surface area contributed by atoms with Crippen LogP contribution in [0.1, 0.15) is 19.5 Å². The molecule has 1 rings (SSSR count). The molecule has 1 heterocycles. The quantitative estimate of drug-likeness (QED) is 0.641. The summed E-state index contributed by atoms with van der Waals surface area (Å²) in [5.41, 5.74) is 1.19. The molecule has 0 N–H and O–H groups in total. The van der Waals surface area contributed by atoms with Crippen molar-refractivity contribution >= 4 is 14.7 Å². The molecule has 0 fully saturated rings. The van der Waals surface area contributed by atoms with Crippen molar-refractivity contribution < 1.29 is 0 Å². The van der Waals surface area contributed by atoms with E-state index in [2.05, 4.69) is 28.0 Å². The summed E-state index contributed by atoms with van der Waals surface area (Å²) in [5, 5.41) is 3.99. The topological polar surface area (TPSA) is 25.8 Å². The molecule has 0 saturated heterocycles. The number of hydrogen-bond acceptors (Lipinski definition) is 2. The van der Waals surface area contributed by atoms with Gasteiger partial charge in [0.2, 0.25) is 0 Å². The fraction of sp³-hybridized carbons (Fsp3) is 0.667. The number of nitrogens with zero attached hydrogens (tertiary/aromatic N) is 2. The SMILES string of the molecule is CC(C)Cc1c[se]nn1. The van der Waals surface area contributed by atoms with Gasteiger partial charge in [0, 0.05) is 0 Å². The second kappa shape index (κ2) is 3.14. The first-order chi connectivity index (χ1) is 4.29. The van der Waals surface area contributed by atoms with Gasteiger partial charge in [0.1, 0.15) is 0 Å². The summed E-state index contributed by atoms with van der Waals surface area (Å²) in [4.78, 5) is 2.15. The Morgan fingerprint density at radius 3 is 2.89 bits per heavy atom. The third-order valence-corrected chi connectivity index (χ3v) is 2.18. The van der Waals surface area contributed by atoms with Gasteiger partial charge in [-0.1, -0.05) is 0 Å². The summed E-state index contributed by atoms with van der Waals surface area (Å²) in [6.07, 6.45) is 1.09. The van der Waals surface area contributed by atoms with Crippen LogP contribution in [0, 0.1) is 5.92 Å². The molecule has 0 aliphatic carbocycles. The molecule has 0 aliphatic rings. The van der Waals surface area contributed by atoms with Crippen LogP contribution in [0.5, 0.6) is 0 Å². The summed E-state index contributed by atoms with van der Waals surface area (Å²) < 4.78 is 3.91. The van der Waals surface area contributed by atoms with Crippen molar-refractivity contribution in [3.8, 4) is 0 Å². The van der Waals surface area contributed by atoms with Crippen molar-refractivity contribution in [3.63, 3.8) is 0 Å². The summed E-state index contributed by atoms with van der Waals surface area (Å²) in [7, 11) is 0. The van der Waals surface area contributed by atoms with E-state index >= 15 is 0 Å². The predicted octanol–water partition coefficient (Wildman–Crippen LogP) is 0.732. The molecule has 0 aliphatic heterocycles. The van der Waals surface area contributed by atoms with E-state index in [0.717, 1.165) is 6.42 Å². The van der Waals surface area contributed by atoms with Crippen molar-refractivity contribution in [2.75, 3.05) is 0 Å². The summed E-state index contributed by atoms with van der Waals surface area (Å²) in [6.45, 7) is 4.39. The Hall–Kier alpha value is -0.141. The van der Waals surface area contributed by atoms with Crippen LogP contribution in [0.15, 0.2) is 4.94 Å². The van der Waals surface area contributed by atoms with Gasteiger partial charge in [-0.15, -0.1) is 0 Å². The first kappa shape index (κ1) is 6.97. The zero-order valence-electron chi connectivity index (χ0n) is 5.66. The van der Waals surface area contributed by atoms with Crippen molar-refractivity contribution in [1.29, 1.82) is 0 Å². The maximum atomic E-state index is 3.99. The van der Waals surface area contributed by atoms with Gasteiger partial charge in [0.05, 0.1) is 0 Å². The second-order valence-electron chi connectivity index (χ2n) is 2.49. The summed E-state index contributed by atoms with van der Waals surface area (Å²) >= 11 is 0.324. The average Bonchev–Trinajstić information content (AvgIpc) is 2.15. The molecule has 0 aromatic carbocycles. The zero-order valence-corrected chi connectivity index (χ0v) is 7.38. The van der Waals surface area contributed by atoms with Crippen molar-refractivity contribution in [1.82, 2.24) is 9.19 Å². The maximum absolute atomic E-state index is 3.99. The van der Waals surface area contributed by atoms with Crippen LogP contribution in [0.25, 0.3) is 0 Å². The number of hydrogen-bond donors (Lipinski definition) is 0. The average molecular weight is 189 g/mol. The standard InChI is InChI=1S/C6H10N2Se/c1-5(2)3-6-4-9-8-7-6/h4-5H,3H2,1-2H3. The molecule has 1 aromatic rings. The molecule has 0 bridgehead atoms. The van der Waals surface area contributed by atoms with Crippen LogP contribution in [0.2, 0.25) is 0 Å². The Morgan fingerprint density at radius 2 is 2.44 bits per heavy atom. The van der Waals surface area contributed by atoms with Crippen LogP contribution < -0.4 is 0 Å². The van der Waals surface area contributed by atoms with E-state index in [1.54, 1.807) is 0 Å². The molecule has 9 heavy (non-hydrogen) atoms. The molecule has 0 saturated carbocycles. The van der Waals surface area contributed by atoms with Crippen LogP contribution in [0.3, 0.4) is 0 Å². The van der Waals surface area contributed by atoms with Crippen LogP contribution in [-0.2, 0) is 6.42 Å². The van der Waals surface area contributed by atoms with Gasteiger partial charge in [-0.2, -0.15) is 0 Å². The van der Waals surface area contributed by atoms with Gasteiger partial charge in [-0.25, -0.2) is 0 Å². The Kier molecular flexibility index (Phi) is 2.43. The molecule has 50 valence electrons. The fourth-order valence-electron chi connectivity index (χ4n) is 0.691. The summed E-state index contributed by atoms with van der Waals surface area (Å²) in [5.74, 6) is 0.712. The molecule has 0 radical (unpaired) electrons. The van der Waals surface area contributed by atoms with E-state index in [0.29, 0.717) is 20.7 Å². The molecule has 0 amide bonds. The number of aromatic nitrogens is 2. The molecule has 1 aromatic heterocycles. The first-order valence-electron chi connectivity index (χ1n) is 3.05. The van der Waals surface area contributed by atoms with Crippen LogP contribution >= 0.6 is 0 Å². The Labute approximate surface area is 61.3 Å². The number of rotatable bonds is 2. The molecule has 0 spiro atoms. The molecule has 2 nitrogen and oxygen atoms in total. The Morgan fingerprint density at radius 1 is 1.67 bits per heavy atom. The van der Waals surface area contributed by atoms with Gasteiger partial charge < -0.3 is 0 Å². The van der Waals surface area contributed by atoms with Gasteiger partial charge >= 0.3 is 60.7 Å². The van der Waals surface area contributed by atoms with Gasteiger partial charge in [0.25, 0.3) is 0 Å². The Balaban J connectivity index is 2.48. The van der Waals surface area contributed by atoms with E-state index in [1.807, 2.05) is 0 Å². The fourth-order valence-corrected chi connectivity index (χ4v) is 1.67. The van der Waals surface area contributed by atoms with Crippen LogP contribution in [0.4, 0.5) is 0 Å². The summed E-state index contributed by atoms with van der Waals surface area (Å²) in [6, 6.07) is 0. The van der Waals surface area contributed by atoms with Crippen molar-refractivity contribution in [2.45, 2.75) is 20.3 Å².